The Labute approximate surface area is 113 Å². The molecule has 0 aliphatic carbocycles. The van der Waals surface area contributed by atoms with Crippen LogP contribution in [0, 0.1) is 0 Å². The molecule has 1 aromatic carbocycles. The molecule has 0 amide bonds. The SMILES string of the molecule is FC(F)(Br)Sc1ncc(-c2ccc(Cl)cc2)o1. The molecule has 0 N–H and O–H groups in total. The number of halogens is 4. The fourth-order valence-corrected chi connectivity index (χ4v) is 2.13. The second kappa shape index (κ2) is 4.96. The van der Waals surface area contributed by atoms with E-state index in [2.05, 4.69) is 20.9 Å². The van der Waals surface area contributed by atoms with E-state index >= 15 is 0 Å². The molecule has 0 aliphatic heterocycles. The van der Waals surface area contributed by atoms with Crippen molar-refractivity contribution in [3.8, 4) is 11.3 Å². The van der Waals surface area contributed by atoms with Gasteiger partial charge in [0, 0.05) is 38.3 Å². The standard InChI is InChI=1S/C10H5BrClF2NOS/c11-10(13,14)17-9-15-5-8(16-9)6-1-3-7(12)4-2-6/h1-5H. The molecule has 17 heavy (non-hydrogen) atoms. The van der Waals surface area contributed by atoms with Crippen molar-refractivity contribution in [2.45, 2.75) is 9.39 Å². The van der Waals surface area contributed by atoms with Gasteiger partial charge in [-0.25, -0.2) is 4.98 Å². The molecule has 90 valence electrons. The molecule has 2 rings (SSSR count). The first-order chi connectivity index (χ1) is 7.94. The molecule has 0 radical (unpaired) electrons. The van der Waals surface area contributed by atoms with E-state index in [4.69, 9.17) is 16.0 Å². The van der Waals surface area contributed by atoms with E-state index < -0.39 is 4.16 Å². The van der Waals surface area contributed by atoms with Gasteiger partial charge in [0.25, 0.3) is 5.22 Å². The summed E-state index contributed by atoms with van der Waals surface area (Å²) in [4.78, 5) is 3.75. The van der Waals surface area contributed by atoms with Crippen LogP contribution in [0.4, 0.5) is 8.78 Å². The molecule has 2 nitrogen and oxygen atoms in total. The van der Waals surface area contributed by atoms with Gasteiger partial charge in [0.1, 0.15) is 0 Å². The molecular weight excluding hydrogens is 336 g/mol. The van der Waals surface area contributed by atoms with E-state index in [-0.39, 0.29) is 17.0 Å². The zero-order valence-corrected chi connectivity index (χ0v) is 11.3. The van der Waals surface area contributed by atoms with Crippen molar-refractivity contribution >= 4 is 39.3 Å². The summed E-state index contributed by atoms with van der Waals surface area (Å²) in [6, 6.07) is 6.82. The number of alkyl halides is 3. The number of thioether (sulfide) groups is 1. The van der Waals surface area contributed by atoms with Crippen molar-refractivity contribution in [3.63, 3.8) is 0 Å². The monoisotopic (exact) mass is 339 g/mol. The van der Waals surface area contributed by atoms with Gasteiger partial charge in [0.2, 0.25) is 0 Å². The first-order valence-corrected chi connectivity index (χ1v) is 6.40. The summed E-state index contributed by atoms with van der Waals surface area (Å²) < 4.78 is 27.4. The van der Waals surface area contributed by atoms with Crippen molar-refractivity contribution in [3.05, 3.63) is 35.5 Å². The fourth-order valence-electron chi connectivity index (χ4n) is 1.15. The molecular formula is C10H5BrClF2NOS. The first-order valence-electron chi connectivity index (χ1n) is 4.41. The van der Waals surface area contributed by atoms with Crippen LogP contribution in [0.5, 0.6) is 0 Å². The third-order valence-electron chi connectivity index (χ3n) is 1.82. The molecule has 1 aromatic heterocycles. The van der Waals surface area contributed by atoms with Crippen LogP contribution < -0.4 is 0 Å². The van der Waals surface area contributed by atoms with E-state index in [1.54, 1.807) is 24.3 Å². The molecule has 1 heterocycles. The van der Waals surface area contributed by atoms with E-state index in [9.17, 15) is 8.78 Å². The number of oxazole rings is 1. The number of hydrogen-bond donors (Lipinski definition) is 0. The highest BCUT2D eigenvalue weighted by Gasteiger charge is 2.28. The predicted molar refractivity (Wildman–Crippen MR) is 66.7 cm³/mol. The molecule has 0 spiro atoms. The molecule has 0 unspecified atom stereocenters. The molecule has 2 aromatic rings. The maximum atomic E-state index is 12.6. The quantitative estimate of drug-likeness (QED) is 0.579. The second-order valence-electron chi connectivity index (χ2n) is 3.05. The third-order valence-corrected chi connectivity index (χ3v) is 3.15. The minimum Gasteiger partial charge on any atom is -0.431 e. The molecule has 0 saturated heterocycles. The third kappa shape index (κ3) is 3.69. The minimum atomic E-state index is -3.09. The lowest BCUT2D eigenvalue weighted by atomic mass is 10.2. The highest BCUT2D eigenvalue weighted by atomic mass is 79.9. The summed E-state index contributed by atoms with van der Waals surface area (Å²) in [5.41, 5.74) is 0.728. The van der Waals surface area contributed by atoms with Gasteiger partial charge in [-0.1, -0.05) is 11.6 Å². The molecule has 0 saturated carbocycles. The Morgan fingerprint density at radius 1 is 1.29 bits per heavy atom. The predicted octanol–water partition coefficient (Wildman–Crippen LogP) is 5.03. The molecule has 7 heteroatoms. The van der Waals surface area contributed by atoms with Crippen molar-refractivity contribution in [1.29, 1.82) is 0 Å². The molecule has 0 aliphatic rings. The minimum absolute atomic E-state index is 0.100. The van der Waals surface area contributed by atoms with Crippen molar-refractivity contribution in [2.24, 2.45) is 0 Å². The van der Waals surface area contributed by atoms with E-state index in [0.29, 0.717) is 10.8 Å². The van der Waals surface area contributed by atoms with Gasteiger partial charge in [-0.3, -0.25) is 0 Å². The van der Waals surface area contributed by atoms with Gasteiger partial charge in [0.05, 0.1) is 6.20 Å². The summed E-state index contributed by atoms with van der Waals surface area (Å²) in [7, 11) is 0. The molecule has 0 atom stereocenters. The summed E-state index contributed by atoms with van der Waals surface area (Å²) in [6.07, 6.45) is 1.39. The van der Waals surface area contributed by atoms with Gasteiger partial charge in [-0.15, -0.1) is 0 Å². The maximum absolute atomic E-state index is 12.6. The highest BCUT2D eigenvalue weighted by molar-refractivity contribution is 9.11. The van der Waals surface area contributed by atoms with Crippen LogP contribution in [0.25, 0.3) is 11.3 Å². The Bertz CT molecular complexity index is 512. The summed E-state index contributed by atoms with van der Waals surface area (Å²) in [5.74, 6) is 0.418. The zero-order valence-electron chi connectivity index (χ0n) is 8.16. The average Bonchev–Trinajstić information content (AvgIpc) is 2.64. The van der Waals surface area contributed by atoms with Gasteiger partial charge in [0.15, 0.2) is 5.76 Å². The van der Waals surface area contributed by atoms with Crippen LogP contribution in [-0.4, -0.2) is 9.15 Å². The Morgan fingerprint density at radius 3 is 2.53 bits per heavy atom. The molecule has 0 bridgehead atoms. The van der Waals surface area contributed by atoms with Crippen LogP contribution in [-0.2, 0) is 0 Å². The van der Waals surface area contributed by atoms with Gasteiger partial charge < -0.3 is 4.42 Å². The lowest BCUT2D eigenvalue weighted by Crippen LogP contribution is -1.95. The van der Waals surface area contributed by atoms with Crippen LogP contribution in [0.3, 0.4) is 0 Å². The average molecular weight is 341 g/mol. The smallest absolute Gasteiger partial charge is 0.357 e. The Morgan fingerprint density at radius 2 is 1.94 bits per heavy atom. The van der Waals surface area contributed by atoms with Crippen LogP contribution in [0.1, 0.15) is 0 Å². The van der Waals surface area contributed by atoms with Crippen molar-refractivity contribution < 1.29 is 13.2 Å². The number of benzene rings is 1. The van der Waals surface area contributed by atoms with E-state index in [1.165, 1.54) is 6.20 Å². The maximum Gasteiger partial charge on any atom is 0.357 e. The summed E-state index contributed by atoms with van der Waals surface area (Å²) in [6.45, 7) is 0. The van der Waals surface area contributed by atoms with E-state index in [1.807, 2.05) is 0 Å². The number of nitrogens with zero attached hydrogens (tertiary/aromatic N) is 1. The topological polar surface area (TPSA) is 26.0 Å². The second-order valence-corrected chi connectivity index (χ2v) is 6.07. The zero-order chi connectivity index (χ0) is 12.5. The Kier molecular flexibility index (Phi) is 3.75. The molecule has 0 fully saturated rings. The lowest BCUT2D eigenvalue weighted by molar-refractivity contribution is 0.218. The van der Waals surface area contributed by atoms with Crippen molar-refractivity contribution in [1.82, 2.24) is 4.98 Å². The van der Waals surface area contributed by atoms with Gasteiger partial charge in [-0.2, -0.15) is 8.78 Å². The summed E-state index contributed by atoms with van der Waals surface area (Å²) >= 11 is 8.14. The summed E-state index contributed by atoms with van der Waals surface area (Å²) in [5, 5.41) is 0.492. The number of rotatable bonds is 3. The fraction of sp³-hybridized carbons (Fsp3) is 0.100. The largest absolute Gasteiger partial charge is 0.431 e. The first kappa shape index (κ1) is 12.9. The van der Waals surface area contributed by atoms with Crippen LogP contribution in [0.2, 0.25) is 5.02 Å². The Hall–Kier alpha value is -0.590. The van der Waals surface area contributed by atoms with E-state index in [0.717, 1.165) is 5.56 Å². The number of aromatic nitrogens is 1. The van der Waals surface area contributed by atoms with Crippen molar-refractivity contribution in [2.75, 3.05) is 0 Å². The number of hydrogen-bond acceptors (Lipinski definition) is 3. The van der Waals surface area contributed by atoms with Crippen LogP contribution in [0.15, 0.2) is 40.1 Å². The normalized spacial score (nSPS) is 11.8. The highest BCUT2D eigenvalue weighted by Crippen LogP contribution is 2.41. The van der Waals surface area contributed by atoms with Gasteiger partial charge in [-0.05, 0) is 24.3 Å². The lowest BCUT2D eigenvalue weighted by Gasteiger charge is -2.02. The Balaban J connectivity index is 2.21. The van der Waals surface area contributed by atoms with Gasteiger partial charge >= 0.3 is 4.16 Å². The van der Waals surface area contributed by atoms with Crippen LogP contribution >= 0.6 is 39.3 Å².